The van der Waals surface area contributed by atoms with E-state index in [0.717, 1.165) is 16.8 Å². The number of methoxy groups -OCH3 is 1. The SMILES string of the molecule is COc1ccccc1N(Nc1c(C)cccc1C)C(=O)OC(C)(C)C. The maximum atomic E-state index is 12.8. The number of amides is 1. The summed E-state index contributed by atoms with van der Waals surface area (Å²) in [5, 5.41) is 1.39. The number of carbonyl (C=O) groups excluding carboxylic acids is 1. The van der Waals surface area contributed by atoms with Gasteiger partial charge in [0.05, 0.1) is 12.8 Å². The summed E-state index contributed by atoms with van der Waals surface area (Å²) < 4.78 is 11.0. The predicted octanol–water partition coefficient (Wildman–Crippen LogP) is 5.08. The van der Waals surface area contributed by atoms with E-state index < -0.39 is 11.7 Å². The molecular formula is C20H26N2O3. The summed E-state index contributed by atoms with van der Waals surface area (Å²) in [5.74, 6) is 0.576. The second-order valence-corrected chi connectivity index (χ2v) is 6.87. The van der Waals surface area contributed by atoms with Gasteiger partial charge in [0, 0.05) is 0 Å². The van der Waals surface area contributed by atoms with Crippen molar-refractivity contribution in [1.29, 1.82) is 0 Å². The molecule has 0 aliphatic rings. The van der Waals surface area contributed by atoms with Crippen LogP contribution in [0.2, 0.25) is 0 Å². The number of hydrazine groups is 1. The molecule has 0 saturated heterocycles. The first kappa shape index (κ1) is 18.6. The second-order valence-electron chi connectivity index (χ2n) is 6.87. The van der Waals surface area contributed by atoms with Crippen LogP contribution in [0.4, 0.5) is 16.2 Å². The largest absolute Gasteiger partial charge is 0.494 e. The molecule has 0 bridgehead atoms. The van der Waals surface area contributed by atoms with Gasteiger partial charge in [-0.1, -0.05) is 30.3 Å². The molecule has 0 aliphatic carbocycles. The van der Waals surface area contributed by atoms with Crippen molar-refractivity contribution in [3.63, 3.8) is 0 Å². The van der Waals surface area contributed by atoms with E-state index in [9.17, 15) is 4.79 Å². The number of benzene rings is 2. The molecule has 134 valence electrons. The number of carbonyl (C=O) groups is 1. The Bertz CT molecular complexity index is 731. The van der Waals surface area contributed by atoms with Gasteiger partial charge in [0.1, 0.15) is 17.0 Å². The maximum absolute atomic E-state index is 12.8. The van der Waals surface area contributed by atoms with E-state index in [4.69, 9.17) is 9.47 Å². The van der Waals surface area contributed by atoms with Crippen molar-refractivity contribution in [2.75, 3.05) is 17.5 Å². The van der Waals surface area contributed by atoms with Crippen molar-refractivity contribution in [1.82, 2.24) is 0 Å². The van der Waals surface area contributed by atoms with Crippen molar-refractivity contribution in [2.45, 2.75) is 40.2 Å². The normalized spacial score (nSPS) is 11.0. The molecule has 0 radical (unpaired) electrons. The van der Waals surface area contributed by atoms with Crippen molar-refractivity contribution in [3.8, 4) is 5.75 Å². The Morgan fingerprint density at radius 3 is 2.16 bits per heavy atom. The molecule has 0 fully saturated rings. The summed E-state index contributed by atoms with van der Waals surface area (Å²) in [6.07, 6.45) is -0.500. The fourth-order valence-electron chi connectivity index (χ4n) is 2.43. The smallest absolute Gasteiger partial charge is 0.434 e. The minimum Gasteiger partial charge on any atom is -0.494 e. The zero-order chi connectivity index (χ0) is 18.6. The van der Waals surface area contributed by atoms with Gasteiger partial charge < -0.3 is 9.47 Å². The fourth-order valence-corrected chi connectivity index (χ4v) is 2.43. The quantitative estimate of drug-likeness (QED) is 0.787. The van der Waals surface area contributed by atoms with Crippen molar-refractivity contribution >= 4 is 17.5 Å². The number of nitrogens with one attached hydrogen (secondary N) is 1. The van der Waals surface area contributed by atoms with Gasteiger partial charge in [0.2, 0.25) is 0 Å². The highest BCUT2D eigenvalue weighted by Gasteiger charge is 2.26. The van der Waals surface area contributed by atoms with Crippen molar-refractivity contribution in [3.05, 3.63) is 53.6 Å². The predicted molar refractivity (Wildman–Crippen MR) is 101 cm³/mol. The Hall–Kier alpha value is -2.69. The lowest BCUT2D eigenvalue weighted by Crippen LogP contribution is -2.41. The second kappa shape index (κ2) is 7.47. The first-order chi connectivity index (χ1) is 11.7. The van der Waals surface area contributed by atoms with Gasteiger partial charge in [-0.3, -0.25) is 5.43 Å². The molecule has 5 heteroatoms. The number of hydrogen-bond acceptors (Lipinski definition) is 4. The number of anilines is 2. The summed E-state index contributed by atoms with van der Waals surface area (Å²) in [5.41, 5.74) is 6.10. The molecular weight excluding hydrogens is 316 g/mol. The Balaban J connectivity index is 2.47. The van der Waals surface area contributed by atoms with E-state index in [-0.39, 0.29) is 0 Å². The van der Waals surface area contributed by atoms with E-state index in [1.165, 1.54) is 5.01 Å². The summed E-state index contributed by atoms with van der Waals surface area (Å²) in [6.45, 7) is 9.49. The molecule has 1 N–H and O–H groups in total. The Kier molecular flexibility index (Phi) is 5.57. The molecule has 0 heterocycles. The van der Waals surface area contributed by atoms with E-state index >= 15 is 0 Å². The van der Waals surface area contributed by atoms with Gasteiger partial charge in [-0.25, -0.2) is 4.79 Å². The number of nitrogens with zero attached hydrogens (tertiary/aromatic N) is 1. The third-order valence-corrected chi connectivity index (χ3v) is 3.61. The van der Waals surface area contributed by atoms with E-state index in [2.05, 4.69) is 5.43 Å². The molecule has 0 unspecified atom stereocenters. The lowest BCUT2D eigenvalue weighted by molar-refractivity contribution is 0.0588. The molecule has 2 aromatic carbocycles. The van der Waals surface area contributed by atoms with E-state index in [1.54, 1.807) is 13.2 Å². The molecule has 0 atom stereocenters. The Labute approximate surface area is 149 Å². The summed E-state index contributed by atoms with van der Waals surface area (Å²) in [6, 6.07) is 13.3. The average molecular weight is 342 g/mol. The lowest BCUT2D eigenvalue weighted by atomic mass is 10.1. The first-order valence-corrected chi connectivity index (χ1v) is 8.22. The van der Waals surface area contributed by atoms with Crippen LogP contribution in [-0.2, 0) is 4.74 Å². The summed E-state index contributed by atoms with van der Waals surface area (Å²) in [4.78, 5) is 12.8. The van der Waals surface area contributed by atoms with E-state index in [0.29, 0.717) is 11.4 Å². The Morgan fingerprint density at radius 1 is 1.00 bits per heavy atom. The molecule has 0 aliphatic heterocycles. The zero-order valence-corrected chi connectivity index (χ0v) is 15.7. The van der Waals surface area contributed by atoms with Gasteiger partial charge in [-0.15, -0.1) is 0 Å². The van der Waals surface area contributed by atoms with Gasteiger partial charge >= 0.3 is 6.09 Å². The third-order valence-electron chi connectivity index (χ3n) is 3.61. The van der Waals surface area contributed by atoms with Gasteiger partial charge in [0.25, 0.3) is 0 Å². The minimum absolute atomic E-state index is 0.500. The highest BCUT2D eigenvalue weighted by atomic mass is 16.6. The highest BCUT2D eigenvalue weighted by molar-refractivity contribution is 5.92. The average Bonchev–Trinajstić information content (AvgIpc) is 2.53. The molecule has 2 rings (SSSR count). The Morgan fingerprint density at radius 2 is 1.60 bits per heavy atom. The topological polar surface area (TPSA) is 50.8 Å². The van der Waals surface area contributed by atoms with Crippen LogP contribution in [0.25, 0.3) is 0 Å². The molecule has 25 heavy (non-hydrogen) atoms. The number of aryl methyl sites for hydroxylation is 2. The van der Waals surface area contributed by atoms with Crippen LogP contribution in [-0.4, -0.2) is 18.8 Å². The van der Waals surface area contributed by atoms with Gasteiger partial charge in [-0.2, -0.15) is 5.01 Å². The van der Waals surface area contributed by atoms with Gasteiger partial charge in [0.15, 0.2) is 0 Å². The summed E-state index contributed by atoms with van der Waals surface area (Å²) >= 11 is 0. The van der Waals surface area contributed by atoms with E-state index in [1.807, 2.05) is 71.0 Å². The lowest BCUT2D eigenvalue weighted by Gasteiger charge is -2.30. The highest BCUT2D eigenvalue weighted by Crippen LogP contribution is 2.31. The standard InChI is InChI=1S/C20H26N2O3/c1-14-10-9-11-15(2)18(14)21-22(19(23)25-20(3,4)5)16-12-7-8-13-17(16)24-6/h7-13,21H,1-6H3. The fraction of sp³-hybridized carbons (Fsp3) is 0.350. The van der Waals surface area contributed by atoms with Crippen LogP contribution in [0.1, 0.15) is 31.9 Å². The van der Waals surface area contributed by atoms with Crippen LogP contribution in [0.15, 0.2) is 42.5 Å². The number of hydrogen-bond donors (Lipinski definition) is 1. The number of ether oxygens (including phenoxy) is 2. The maximum Gasteiger partial charge on any atom is 0.434 e. The number of para-hydroxylation sites is 3. The molecule has 5 nitrogen and oxygen atoms in total. The third kappa shape index (κ3) is 4.66. The van der Waals surface area contributed by atoms with Crippen molar-refractivity contribution < 1.29 is 14.3 Å². The van der Waals surface area contributed by atoms with Crippen LogP contribution in [0.5, 0.6) is 5.75 Å². The minimum atomic E-state index is -0.611. The molecule has 0 spiro atoms. The van der Waals surface area contributed by atoms with Gasteiger partial charge in [-0.05, 0) is 57.9 Å². The monoisotopic (exact) mass is 342 g/mol. The molecule has 1 amide bonds. The van der Waals surface area contributed by atoms with Crippen LogP contribution in [0.3, 0.4) is 0 Å². The van der Waals surface area contributed by atoms with Crippen LogP contribution in [0, 0.1) is 13.8 Å². The zero-order valence-electron chi connectivity index (χ0n) is 15.7. The summed E-state index contributed by atoms with van der Waals surface area (Å²) in [7, 11) is 1.57. The number of rotatable bonds is 4. The van der Waals surface area contributed by atoms with Crippen molar-refractivity contribution in [2.24, 2.45) is 0 Å². The van der Waals surface area contributed by atoms with Crippen LogP contribution < -0.4 is 15.2 Å². The molecule has 0 aromatic heterocycles. The first-order valence-electron chi connectivity index (χ1n) is 8.22. The van der Waals surface area contributed by atoms with Crippen LogP contribution >= 0.6 is 0 Å². The molecule has 2 aromatic rings. The molecule has 0 saturated carbocycles.